The van der Waals surface area contributed by atoms with Crippen LogP contribution in [0.15, 0.2) is 24.3 Å². The lowest BCUT2D eigenvalue weighted by Crippen LogP contribution is -2.64. The fraction of sp³-hybridized carbons (Fsp3) is 0.880. The summed E-state index contributed by atoms with van der Waals surface area (Å²) in [6, 6.07) is 0. The van der Waals surface area contributed by atoms with Crippen LogP contribution in [0, 0.1) is 0 Å². The zero-order chi connectivity index (χ0) is 47.1. The van der Waals surface area contributed by atoms with Crippen LogP contribution in [-0.4, -0.2) is 98.3 Å². The van der Waals surface area contributed by atoms with Gasteiger partial charge in [-0.2, -0.15) is 0 Å². The molecule has 1 aliphatic carbocycles. The summed E-state index contributed by atoms with van der Waals surface area (Å²) < 4.78 is 33.6. The first-order valence-corrected chi connectivity index (χ1v) is 27.2. The fourth-order valence-electron chi connectivity index (χ4n) is 7.93. The first-order valence-electron chi connectivity index (χ1n) is 25.7. The van der Waals surface area contributed by atoms with E-state index in [-0.39, 0.29) is 12.8 Å². The molecule has 0 saturated heterocycles. The average molecular weight is 933 g/mol. The van der Waals surface area contributed by atoms with Gasteiger partial charge in [0.05, 0.1) is 6.61 Å². The van der Waals surface area contributed by atoms with E-state index in [1.54, 1.807) is 0 Å². The summed E-state index contributed by atoms with van der Waals surface area (Å²) >= 11 is 0. The van der Waals surface area contributed by atoms with Gasteiger partial charge in [-0.05, 0) is 38.5 Å². The van der Waals surface area contributed by atoms with Crippen LogP contribution in [0.3, 0.4) is 0 Å². The monoisotopic (exact) mass is 933 g/mol. The van der Waals surface area contributed by atoms with Crippen LogP contribution in [0.4, 0.5) is 0 Å². The van der Waals surface area contributed by atoms with Crippen molar-refractivity contribution in [3.8, 4) is 0 Å². The molecular formula is C50H93O13P. The highest BCUT2D eigenvalue weighted by Gasteiger charge is 2.51. The van der Waals surface area contributed by atoms with E-state index in [1.165, 1.54) is 128 Å². The van der Waals surface area contributed by atoms with Crippen LogP contribution in [0.25, 0.3) is 0 Å². The molecule has 0 heterocycles. The molecule has 64 heavy (non-hydrogen) atoms. The summed E-state index contributed by atoms with van der Waals surface area (Å²) in [6.45, 7) is 3.30. The van der Waals surface area contributed by atoms with E-state index in [0.29, 0.717) is 12.8 Å². The van der Waals surface area contributed by atoms with Gasteiger partial charge in [0.15, 0.2) is 6.10 Å². The number of hydrogen-bond acceptors (Lipinski definition) is 12. The Morgan fingerprint density at radius 2 is 0.828 bits per heavy atom. The maximum Gasteiger partial charge on any atom is 0.472 e. The molecule has 1 fully saturated rings. The van der Waals surface area contributed by atoms with Gasteiger partial charge >= 0.3 is 19.8 Å². The van der Waals surface area contributed by atoms with E-state index >= 15 is 0 Å². The minimum absolute atomic E-state index is 0.0820. The van der Waals surface area contributed by atoms with Crippen molar-refractivity contribution in [3.63, 3.8) is 0 Å². The molecule has 0 aromatic heterocycles. The molecule has 0 aromatic carbocycles. The van der Waals surface area contributed by atoms with Crippen molar-refractivity contribution in [2.24, 2.45) is 0 Å². The average Bonchev–Trinajstić information content (AvgIpc) is 3.28. The Morgan fingerprint density at radius 3 is 1.25 bits per heavy atom. The third-order valence-electron chi connectivity index (χ3n) is 12.1. The standard InChI is InChI=1S/C50H93O13P/c1-3-5-7-9-11-13-15-17-19-20-21-22-23-25-26-28-30-32-34-36-38-43(51)60-40-42(41-61-64(58,59)63-50-48(56)46(54)45(53)47(55)49(50)57)62-44(52)39-37-35-33-31-29-27-24-18-16-14-12-10-8-6-4-2/h14,16,18,24,42,45-50,53-57H,3-13,15,17,19-23,25-41H2,1-2H3,(H,58,59)/b16-14+,24-18+/t42-,45?,46-,47?,48?,49?,50?/m0/s1. The molecule has 6 unspecified atom stereocenters. The zero-order valence-corrected chi connectivity index (χ0v) is 41.0. The highest BCUT2D eigenvalue weighted by molar-refractivity contribution is 7.47. The van der Waals surface area contributed by atoms with E-state index in [1.807, 2.05) is 0 Å². The van der Waals surface area contributed by atoms with Crippen molar-refractivity contribution in [2.75, 3.05) is 13.2 Å². The number of rotatable bonds is 43. The maximum absolute atomic E-state index is 12.8. The van der Waals surface area contributed by atoms with E-state index in [4.69, 9.17) is 18.5 Å². The molecule has 0 radical (unpaired) electrons. The number of ether oxygens (including phenoxy) is 2. The van der Waals surface area contributed by atoms with Crippen LogP contribution >= 0.6 is 7.82 Å². The van der Waals surface area contributed by atoms with Crippen LogP contribution in [0.2, 0.25) is 0 Å². The maximum atomic E-state index is 12.8. The molecule has 0 spiro atoms. The zero-order valence-electron chi connectivity index (χ0n) is 40.1. The summed E-state index contributed by atoms with van der Waals surface area (Å²) in [6.07, 6.45) is 32.3. The predicted molar refractivity (Wildman–Crippen MR) is 254 cm³/mol. The molecule has 376 valence electrons. The Morgan fingerprint density at radius 1 is 0.484 bits per heavy atom. The van der Waals surface area contributed by atoms with E-state index in [9.17, 15) is 44.6 Å². The van der Waals surface area contributed by atoms with Crippen molar-refractivity contribution < 1.29 is 63.1 Å². The van der Waals surface area contributed by atoms with Crippen molar-refractivity contribution in [2.45, 2.75) is 268 Å². The summed E-state index contributed by atoms with van der Waals surface area (Å²) in [5.74, 6) is -1.11. The van der Waals surface area contributed by atoms with Gasteiger partial charge in [0.1, 0.15) is 43.2 Å². The van der Waals surface area contributed by atoms with E-state index in [0.717, 1.165) is 57.8 Å². The topological polar surface area (TPSA) is 210 Å². The second kappa shape index (κ2) is 40.4. The summed E-state index contributed by atoms with van der Waals surface area (Å²) in [5, 5.41) is 50.2. The number of aliphatic hydroxyl groups excluding tert-OH is 5. The lowest BCUT2D eigenvalue weighted by Gasteiger charge is -2.41. The number of unbranched alkanes of at least 4 members (excludes halogenated alkanes) is 28. The highest BCUT2D eigenvalue weighted by Crippen LogP contribution is 2.47. The molecule has 1 aliphatic rings. The molecule has 1 rings (SSSR count). The van der Waals surface area contributed by atoms with Gasteiger partial charge in [-0.1, -0.05) is 199 Å². The largest absolute Gasteiger partial charge is 0.472 e. The normalized spacial score (nSPS) is 21.7. The number of phosphoric ester groups is 1. The molecule has 13 nitrogen and oxygen atoms in total. The number of esters is 2. The van der Waals surface area contributed by atoms with Gasteiger partial charge < -0.3 is 39.9 Å². The Kier molecular flexibility index (Phi) is 38.1. The molecule has 14 heteroatoms. The van der Waals surface area contributed by atoms with Crippen molar-refractivity contribution in [3.05, 3.63) is 24.3 Å². The van der Waals surface area contributed by atoms with Gasteiger partial charge in [0.25, 0.3) is 0 Å². The second-order valence-electron chi connectivity index (χ2n) is 18.1. The highest BCUT2D eigenvalue weighted by atomic mass is 31.2. The first kappa shape index (κ1) is 60.3. The molecule has 1 saturated carbocycles. The first-order chi connectivity index (χ1) is 30.9. The Labute approximate surface area is 387 Å². The lowest BCUT2D eigenvalue weighted by atomic mass is 9.85. The summed E-state index contributed by atoms with van der Waals surface area (Å²) in [5.41, 5.74) is 0. The van der Waals surface area contributed by atoms with Gasteiger partial charge in [-0.25, -0.2) is 4.57 Å². The number of carbonyl (C=O) groups is 2. The molecule has 6 N–H and O–H groups in total. The Bertz CT molecular complexity index is 1220. The van der Waals surface area contributed by atoms with Crippen LogP contribution < -0.4 is 0 Å². The summed E-state index contributed by atoms with van der Waals surface area (Å²) in [4.78, 5) is 35.8. The molecule has 0 bridgehead atoms. The lowest BCUT2D eigenvalue weighted by molar-refractivity contribution is -0.220. The van der Waals surface area contributed by atoms with Gasteiger partial charge in [-0.15, -0.1) is 0 Å². The number of aliphatic hydroxyl groups is 5. The minimum Gasteiger partial charge on any atom is -0.462 e. The van der Waals surface area contributed by atoms with Crippen molar-refractivity contribution in [1.29, 1.82) is 0 Å². The van der Waals surface area contributed by atoms with E-state index in [2.05, 4.69) is 38.2 Å². The van der Waals surface area contributed by atoms with Gasteiger partial charge in [0, 0.05) is 12.8 Å². The van der Waals surface area contributed by atoms with E-state index < -0.39 is 75.7 Å². The molecule has 8 atom stereocenters. The SMILES string of the molecule is CCCCCC/C=C/C=C/CCCCCCCC(=O)O[C@@H](COC(=O)CCCCCCCCCCCCCCCCCCCCCC)COP(=O)(O)OC1C(O)C(O)C(O)[C@H](O)C1O. The summed E-state index contributed by atoms with van der Waals surface area (Å²) in [7, 11) is -5.12. The van der Waals surface area contributed by atoms with Crippen molar-refractivity contribution >= 4 is 19.8 Å². The molecule has 0 amide bonds. The molecular weight excluding hydrogens is 840 g/mol. The third kappa shape index (κ3) is 32.1. The van der Waals surface area contributed by atoms with Gasteiger partial charge in [0.2, 0.25) is 0 Å². The Balaban J connectivity index is 2.39. The van der Waals surface area contributed by atoms with Gasteiger partial charge in [-0.3, -0.25) is 18.6 Å². The number of carbonyl (C=O) groups excluding carboxylic acids is 2. The smallest absolute Gasteiger partial charge is 0.462 e. The fourth-order valence-corrected chi connectivity index (χ4v) is 8.90. The Hall–Kier alpha value is -1.67. The van der Waals surface area contributed by atoms with Crippen LogP contribution in [0.1, 0.15) is 226 Å². The van der Waals surface area contributed by atoms with Crippen LogP contribution in [0.5, 0.6) is 0 Å². The number of hydrogen-bond donors (Lipinski definition) is 6. The molecule has 0 aliphatic heterocycles. The van der Waals surface area contributed by atoms with Crippen molar-refractivity contribution in [1.82, 2.24) is 0 Å². The number of allylic oxidation sites excluding steroid dienone is 4. The predicted octanol–water partition coefficient (Wildman–Crippen LogP) is 10.8. The minimum atomic E-state index is -5.12. The number of phosphoric acid groups is 1. The molecule has 0 aromatic rings. The van der Waals surface area contributed by atoms with Crippen LogP contribution in [-0.2, 0) is 32.7 Å². The third-order valence-corrected chi connectivity index (χ3v) is 13.1. The quantitative estimate of drug-likeness (QED) is 0.0146. The second-order valence-corrected chi connectivity index (χ2v) is 19.5.